The second-order valence-electron chi connectivity index (χ2n) is 1.96. The van der Waals surface area contributed by atoms with Crippen LogP contribution in [0.3, 0.4) is 0 Å². The van der Waals surface area contributed by atoms with Crippen molar-refractivity contribution in [3.8, 4) is 0 Å². The van der Waals surface area contributed by atoms with Crippen molar-refractivity contribution >= 4 is 5.69 Å². The van der Waals surface area contributed by atoms with Crippen LogP contribution in [-0.4, -0.2) is 17.0 Å². The molecule has 4 nitrogen and oxygen atoms in total. The van der Waals surface area contributed by atoms with Crippen molar-refractivity contribution in [1.29, 1.82) is 0 Å². The maximum absolute atomic E-state index is 5.38. The number of anilines is 1. The molecule has 1 aromatic heterocycles. The summed E-state index contributed by atoms with van der Waals surface area (Å²) in [6, 6.07) is 0. The lowest BCUT2D eigenvalue weighted by Crippen LogP contribution is -2.08. The van der Waals surface area contributed by atoms with Crippen LogP contribution >= 0.6 is 0 Å². The van der Waals surface area contributed by atoms with Crippen LogP contribution in [0.15, 0.2) is 12.4 Å². The minimum Gasteiger partial charge on any atom is -0.396 e. The molecule has 0 atom stereocenters. The summed E-state index contributed by atoms with van der Waals surface area (Å²) in [6.07, 6.45) is 3.19. The van der Waals surface area contributed by atoms with Gasteiger partial charge in [0.1, 0.15) is 5.82 Å². The third kappa shape index (κ3) is 1.66. The second kappa shape index (κ2) is 3.12. The third-order valence-corrected chi connectivity index (χ3v) is 1.06. The highest BCUT2D eigenvalue weighted by molar-refractivity contribution is 5.29. The Labute approximate surface area is 59.5 Å². The van der Waals surface area contributed by atoms with Crippen molar-refractivity contribution in [2.45, 2.75) is 6.54 Å². The first-order valence-corrected chi connectivity index (χ1v) is 3.04. The number of nitrogens with one attached hydrogen (secondary N) is 1. The Morgan fingerprint density at radius 2 is 2.10 bits per heavy atom. The zero-order chi connectivity index (χ0) is 7.40. The molecule has 0 bridgehead atoms. The number of aromatic nitrogens is 2. The maximum atomic E-state index is 5.38. The lowest BCUT2D eigenvalue weighted by molar-refractivity contribution is 0.759. The van der Waals surface area contributed by atoms with E-state index in [9.17, 15) is 0 Å². The van der Waals surface area contributed by atoms with E-state index < -0.39 is 0 Å². The van der Waals surface area contributed by atoms with Crippen molar-refractivity contribution < 1.29 is 0 Å². The molecule has 0 amide bonds. The smallest absolute Gasteiger partial charge is 0.142 e. The molecule has 3 N–H and O–H groups in total. The summed E-state index contributed by atoms with van der Waals surface area (Å²) in [5, 5.41) is 2.94. The summed E-state index contributed by atoms with van der Waals surface area (Å²) in [5.41, 5.74) is 5.97. The van der Waals surface area contributed by atoms with E-state index in [0.717, 1.165) is 5.82 Å². The highest BCUT2D eigenvalue weighted by Gasteiger charge is 1.91. The molecule has 0 aliphatic heterocycles. The van der Waals surface area contributed by atoms with Gasteiger partial charge in [-0.25, -0.2) is 9.97 Å². The lowest BCUT2D eigenvalue weighted by Gasteiger charge is -1.96. The van der Waals surface area contributed by atoms with Crippen molar-refractivity contribution in [2.75, 3.05) is 12.8 Å². The van der Waals surface area contributed by atoms with Crippen LogP contribution in [0.1, 0.15) is 5.82 Å². The fraction of sp³-hybridized carbons (Fsp3) is 0.333. The Morgan fingerprint density at radius 1 is 1.50 bits per heavy atom. The number of hydrogen-bond donors (Lipinski definition) is 2. The van der Waals surface area contributed by atoms with E-state index >= 15 is 0 Å². The normalized spacial score (nSPS) is 9.70. The predicted molar refractivity (Wildman–Crippen MR) is 39.2 cm³/mol. The van der Waals surface area contributed by atoms with Gasteiger partial charge in [-0.05, 0) is 7.05 Å². The molecule has 0 unspecified atom stereocenters. The Bertz CT molecular complexity index is 193. The van der Waals surface area contributed by atoms with Crippen molar-refractivity contribution in [1.82, 2.24) is 15.3 Å². The zero-order valence-electron chi connectivity index (χ0n) is 5.83. The SMILES string of the molecule is CNCc1ncc(N)cn1. The van der Waals surface area contributed by atoms with Crippen LogP contribution in [0.2, 0.25) is 0 Å². The van der Waals surface area contributed by atoms with E-state index in [0.29, 0.717) is 12.2 Å². The highest BCUT2D eigenvalue weighted by atomic mass is 14.9. The minimum atomic E-state index is 0.597. The Morgan fingerprint density at radius 3 is 2.60 bits per heavy atom. The quantitative estimate of drug-likeness (QED) is 0.593. The Kier molecular flexibility index (Phi) is 2.17. The van der Waals surface area contributed by atoms with Gasteiger partial charge in [0.25, 0.3) is 0 Å². The fourth-order valence-electron chi connectivity index (χ4n) is 0.614. The van der Waals surface area contributed by atoms with Gasteiger partial charge in [0.2, 0.25) is 0 Å². The molecule has 1 aromatic rings. The molecule has 54 valence electrons. The van der Waals surface area contributed by atoms with Gasteiger partial charge in [-0.2, -0.15) is 0 Å². The van der Waals surface area contributed by atoms with Gasteiger partial charge in [-0.15, -0.1) is 0 Å². The van der Waals surface area contributed by atoms with Gasteiger partial charge in [0, 0.05) is 0 Å². The van der Waals surface area contributed by atoms with Gasteiger partial charge < -0.3 is 11.1 Å². The monoisotopic (exact) mass is 138 g/mol. The average Bonchev–Trinajstić information content (AvgIpc) is 1.95. The van der Waals surface area contributed by atoms with Crippen LogP contribution < -0.4 is 11.1 Å². The van der Waals surface area contributed by atoms with E-state index in [2.05, 4.69) is 15.3 Å². The molecular formula is C6H10N4. The molecular weight excluding hydrogens is 128 g/mol. The summed E-state index contributed by atoms with van der Waals surface area (Å²) < 4.78 is 0. The second-order valence-corrected chi connectivity index (χ2v) is 1.96. The van der Waals surface area contributed by atoms with Crippen LogP contribution in [0.5, 0.6) is 0 Å². The topological polar surface area (TPSA) is 63.8 Å². The van der Waals surface area contributed by atoms with Gasteiger partial charge in [0.15, 0.2) is 0 Å². The summed E-state index contributed by atoms with van der Waals surface area (Å²) in [7, 11) is 1.85. The van der Waals surface area contributed by atoms with Crippen LogP contribution in [0, 0.1) is 0 Å². The van der Waals surface area contributed by atoms with Crippen LogP contribution in [0.25, 0.3) is 0 Å². The van der Waals surface area contributed by atoms with Gasteiger partial charge in [-0.3, -0.25) is 0 Å². The van der Waals surface area contributed by atoms with E-state index in [-0.39, 0.29) is 0 Å². The standard InChI is InChI=1S/C6H10N4/c1-8-4-6-9-2-5(7)3-10-6/h2-3,8H,4,7H2,1H3. The maximum Gasteiger partial charge on any atom is 0.142 e. The Balaban J connectivity index is 2.69. The third-order valence-electron chi connectivity index (χ3n) is 1.06. The van der Waals surface area contributed by atoms with E-state index in [1.54, 1.807) is 12.4 Å². The molecule has 1 rings (SSSR count). The highest BCUT2D eigenvalue weighted by Crippen LogP contribution is 1.94. The number of hydrogen-bond acceptors (Lipinski definition) is 4. The van der Waals surface area contributed by atoms with Crippen molar-refractivity contribution in [2.24, 2.45) is 0 Å². The Hall–Kier alpha value is -1.16. The van der Waals surface area contributed by atoms with Gasteiger partial charge in [-0.1, -0.05) is 0 Å². The molecule has 10 heavy (non-hydrogen) atoms. The van der Waals surface area contributed by atoms with Crippen molar-refractivity contribution in [3.63, 3.8) is 0 Å². The van der Waals surface area contributed by atoms with Gasteiger partial charge >= 0.3 is 0 Å². The number of rotatable bonds is 2. The van der Waals surface area contributed by atoms with E-state index in [1.807, 2.05) is 7.05 Å². The summed E-state index contributed by atoms with van der Waals surface area (Å²) in [4.78, 5) is 7.94. The average molecular weight is 138 g/mol. The molecule has 0 fully saturated rings. The molecule has 0 spiro atoms. The molecule has 0 saturated carbocycles. The van der Waals surface area contributed by atoms with Crippen LogP contribution in [-0.2, 0) is 6.54 Å². The predicted octanol–water partition coefficient (Wildman–Crippen LogP) is -0.222. The summed E-state index contributed by atoms with van der Waals surface area (Å²) in [5.74, 6) is 0.761. The first-order chi connectivity index (χ1) is 4.83. The van der Waals surface area contributed by atoms with Crippen LogP contribution in [0.4, 0.5) is 5.69 Å². The molecule has 0 radical (unpaired) electrons. The first kappa shape index (κ1) is 6.95. The molecule has 4 heteroatoms. The lowest BCUT2D eigenvalue weighted by atomic mass is 10.5. The largest absolute Gasteiger partial charge is 0.396 e. The molecule has 0 aromatic carbocycles. The van der Waals surface area contributed by atoms with E-state index in [4.69, 9.17) is 5.73 Å². The zero-order valence-corrected chi connectivity index (χ0v) is 5.83. The van der Waals surface area contributed by atoms with E-state index in [1.165, 1.54) is 0 Å². The first-order valence-electron chi connectivity index (χ1n) is 3.04. The molecule has 1 heterocycles. The van der Waals surface area contributed by atoms with Gasteiger partial charge in [0.05, 0.1) is 24.6 Å². The summed E-state index contributed by atoms with van der Waals surface area (Å²) in [6.45, 7) is 0.681. The summed E-state index contributed by atoms with van der Waals surface area (Å²) >= 11 is 0. The fourth-order valence-corrected chi connectivity index (χ4v) is 0.614. The van der Waals surface area contributed by atoms with Crippen molar-refractivity contribution in [3.05, 3.63) is 18.2 Å². The minimum absolute atomic E-state index is 0.597. The molecule has 0 aliphatic rings. The number of nitrogens with two attached hydrogens (primary N) is 1. The molecule has 0 aliphatic carbocycles. The number of nitrogen functional groups attached to an aromatic ring is 1. The number of nitrogens with zero attached hydrogens (tertiary/aromatic N) is 2. The molecule has 0 saturated heterocycles.